The van der Waals surface area contributed by atoms with E-state index in [9.17, 15) is 13.2 Å². The van der Waals surface area contributed by atoms with Gasteiger partial charge in [-0.2, -0.15) is 0 Å². The van der Waals surface area contributed by atoms with E-state index in [4.69, 9.17) is 16.3 Å². The van der Waals surface area contributed by atoms with Crippen LogP contribution in [-0.4, -0.2) is 64.6 Å². The van der Waals surface area contributed by atoms with Gasteiger partial charge in [-0.3, -0.25) is 4.90 Å². The second-order valence-corrected chi connectivity index (χ2v) is 12.2. The maximum Gasteiger partial charge on any atom is 0.319 e. The summed E-state index contributed by atoms with van der Waals surface area (Å²) in [6.07, 6.45) is 1.77. The fraction of sp³-hybridized carbons (Fsp3) is 0.345. The van der Waals surface area contributed by atoms with Crippen LogP contribution in [0.3, 0.4) is 0 Å². The molecular formula is C29H37ClN4O4S. The number of halogens is 1. The molecule has 2 aromatic rings. The Hall–Kier alpha value is -3.11. The lowest BCUT2D eigenvalue weighted by molar-refractivity contribution is 0.175. The molecule has 1 aliphatic heterocycles. The molecule has 1 unspecified atom stereocenters. The first-order valence-corrected chi connectivity index (χ1v) is 14.6. The maximum absolute atomic E-state index is 13.0. The predicted octanol–water partition coefficient (Wildman–Crippen LogP) is 4.89. The average Bonchev–Trinajstić information content (AvgIpc) is 3.24. The van der Waals surface area contributed by atoms with E-state index in [2.05, 4.69) is 28.7 Å². The normalized spacial score (nSPS) is 14.4. The minimum atomic E-state index is -3.55. The van der Waals surface area contributed by atoms with Crippen LogP contribution in [0.5, 0.6) is 0 Å². The van der Waals surface area contributed by atoms with Crippen LogP contribution in [0.4, 0.5) is 10.5 Å². The molecular weight excluding hydrogens is 536 g/mol. The molecule has 0 fully saturated rings. The van der Waals surface area contributed by atoms with Crippen molar-refractivity contribution in [1.29, 1.82) is 0 Å². The van der Waals surface area contributed by atoms with Crippen molar-refractivity contribution in [2.45, 2.75) is 36.7 Å². The number of carbonyl (C=O) groups is 1. The Bertz CT molecular complexity index is 1360. The summed E-state index contributed by atoms with van der Waals surface area (Å²) in [5.74, 6) is -0.0852. The number of amides is 2. The van der Waals surface area contributed by atoms with E-state index < -0.39 is 21.9 Å². The monoisotopic (exact) mass is 572 g/mol. The summed E-state index contributed by atoms with van der Waals surface area (Å²) in [5.41, 5.74) is 4.93. The summed E-state index contributed by atoms with van der Waals surface area (Å²) in [4.78, 5) is 17.0. The van der Waals surface area contributed by atoms with Crippen molar-refractivity contribution in [3.63, 3.8) is 0 Å². The largest absolute Gasteiger partial charge is 0.383 e. The Morgan fingerprint density at radius 1 is 1.18 bits per heavy atom. The summed E-state index contributed by atoms with van der Waals surface area (Å²) in [6, 6.07) is 11.1. The van der Waals surface area contributed by atoms with Gasteiger partial charge in [-0.1, -0.05) is 43.0 Å². The van der Waals surface area contributed by atoms with Crippen LogP contribution in [0, 0.1) is 0 Å². The van der Waals surface area contributed by atoms with Gasteiger partial charge in [-0.05, 0) is 66.6 Å². The molecule has 0 aliphatic carbocycles. The van der Waals surface area contributed by atoms with Crippen molar-refractivity contribution in [1.82, 2.24) is 15.1 Å². The third kappa shape index (κ3) is 8.44. The van der Waals surface area contributed by atoms with Crippen molar-refractivity contribution >= 4 is 33.2 Å². The average molecular weight is 573 g/mol. The van der Waals surface area contributed by atoms with Crippen molar-refractivity contribution in [3.8, 4) is 0 Å². The Morgan fingerprint density at radius 3 is 2.49 bits per heavy atom. The number of fused-ring (bicyclic) bond motifs is 1. The molecule has 0 saturated heterocycles. The van der Waals surface area contributed by atoms with E-state index in [1.807, 2.05) is 37.2 Å². The zero-order chi connectivity index (χ0) is 28.7. The molecule has 2 amide bonds. The Morgan fingerprint density at radius 2 is 1.85 bits per heavy atom. The molecule has 1 atom stereocenters. The van der Waals surface area contributed by atoms with Gasteiger partial charge in [-0.25, -0.2) is 13.2 Å². The zero-order valence-electron chi connectivity index (χ0n) is 23.0. The van der Waals surface area contributed by atoms with E-state index in [-0.39, 0.29) is 15.7 Å². The van der Waals surface area contributed by atoms with Crippen LogP contribution >= 0.6 is 11.6 Å². The van der Waals surface area contributed by atoms with E-state index in [1.165, 1.54) is 23.3 Å². The minimum Gasteiger partial charge on any atom is -0.383 e. The standard InChI is InChI=1S/C29H37ClN4O4S/c1-20(34(5)13-14-38-6)15-28(21(2)30)22(3)31-29(35)32-26-9-11-27(12-10-26)39(36,37)19-23-7-8-24-17-33(4)18-25(24)16-23/h7-12,15-16,22H,1-2,13-14,17-19H2,3-6H3,(H2,31,32,35)/b28-15+. The Balaban J connectivity index is 1.61. The summed E-state index contributed by atoms with van der Waals surface area (Å²) in [7, 11) is 2.00. The Kier molecular flexibility index (Phi) is 10.4. The van der Waals surface area contributed by atoms with Gasteiger partial charge in [0.25, 0.3) is 0 Å². The third-order valence-electron chi connectivity index (χ3n) is 6.55. The highest BCUT2D eigenvalue weighted by Gasteiger charge is 2.20. The number of benzene rings is 2. The van der Waals surface area contributed by atoms with E-state index in [0.29, 0.717) is 30.1 Å². The number of urea groups is 1. The summed E-state index contributed by atoms with van der Waals surface area (Å²) in [6.45, 7) is 12.5. The summed E-state index contributed by atoms with van der Waals surface area (Å²) >= 11 is 6.21. The highest BCUT2D eigenvalue weighted by molar-refractivity contribution is 7.90. The van der Waals surface area contributed by atoms with Crippen LogP contribution in [0.25, 0.3) is 0 Å². The molecule has 2 aromatic carbocycles. The van der Waals surface area contributed by atoms with E-state index >= 15 is 0 Å². The quantitative estimate of drug-likeness (QED) is 0.352. The number of sulfone groups is 1. The molecule has 8 nitrogen and oxygen atoms in total. The molecule has 0 spiro atoms. The lowest BCUT2D eigenvalue weighted by Crippen LogP contribution is -2.37. The first kappa shape index (κ1) is 30.4. The lowest BCUT2D eigenvalue weighted by atomic mass is 10.1. The molecule has 1 heterocycles. The molecule has 10 heteroatoms. The molecule has 0 bridgehead atoms. The second-order valence-electron chi connectivity index (χ2n) is 9.79. The number of likely N-dealkylation sites (N-methyl/N-ethyl adjacent to an activating group) is 1. The van der Waals surface area contributed by atoms with Crippen LogP contribution in [0.1, 0.15) is 23.6 Å². The second kappa shape index (κ2) is 13.3. The van der Waals surface area contributed by atoms with Crippen molar-refractivity contribution in [2.75, 3.05) is 39.7 Å². The first-order chi connectivity index (χ1) is 18.4. The first-order valence-electron chi connectivity index (χ1n) is 12.5. The van der Waals surface area contributed by atoms with E-state index in [1.54, 1.807) is 32.2 Å². The van der Waals surface area contributed by atoms with Gasteiger partial charge in [0.15, 0.2) is 9.84 Å². The lowest BCUT2D eigenvalue weighted by Gasteiger charge is -2.22. The molecule has 39 heavy (non-hydrogen) atoms. The summed E-state index contributed by atoms with van der Waals surface area (Å²) < 4.78 is 31.1. The van der Waals surface area contributed by atoms with Gasteiger partial charge in [0, 0.05) is 50.2 Å². The number of rotatable bonds is 12. The number of ether oxygens (including phenoxy) is 1. The number of methoxy groups -OCH3 is 1. The van der Waals surface area contributed by atoms with Gasteiger partial charge in [-0.15, -0.1) is 0 Å². The number of allylic oxidation sites excluding steroid dienone is 1. The zero-order valence-corrected chi connectivity index (χ0v) is 24.5. The van der Waals surface area contributed by atoms with Gasteiger partial charge >= 0.3 is 6.03 Å². The fourth-order valence-electron chi connectivity index (χ4n) is 4.30. The molecule has 0 aromatic heterocycles. The minimum absolute atomic E-state index is 0.0852. The number of nitrogens with one attached hydrogen (secondary N) is 2. The van der Waals surface area contributed by atoms with E-state index in [0.717, 1.165) is 18.7 Å². The Labute approximate surface area is 236 Å². The van der Waals surface area contributed by atoms with Crippen LogP contribution in [0.2, 0.25) is 0 Å². The molecule has 3 rings (SSSR count). The summed E-state index contributed by atoms with van der Waals surface area (Å²) in [5, 5.41) is 5.85. The number of hydrogen-bond acceptors (Lipinski definition) is 6. The highest BCUT2D eigenvalue weighted by Crippen LogP contribution is 2.25. The molecule has 210 valence electrons. The highest BCUT2D eigenvalue weighted by atomic mass is 35.5. The number of hydrogen-bond donors (Lipinski definition) is 2. The SMILES string of the molecule is C=C(Cl)/C(=C\C(=C)N(C)CCOC)C(C)NC(=O)Nc1ccc(S(=O)(=O)Cc2ccc3c(c2)CN(C)C3)cc1. The van der Waals surface area contributed by atoms with Crippen LogP contribution in [0.15, 0.2) is 82.9 Å². The van der Waals surface area contributed by atoms with Gasteiger partial charge in [0.2, 0.25) is 0 Å². The maximum atomic E-state index is 13.0. The smallest absolute Gasteiger partial charge is 0.319 e. The number of nitrogens with zero attached hydrogens (tertiary/aromatic N) is 2. The van der Waals surface area contributed by atoms with Crippen molar-refractivity contribution in [2.24, 2.45) is 0 Å². The molecule has 0 saturated carbocycles. The number of carbonyl (C=O) groups excluding carboxylic acids is 1. The van der Waals surface area contributed by atoms with Gasteiger partial charge in [0.05, 0.1) is 23.3 Å². The predicted molar refractivity (Wildman–Crippen MR) is 157 cm³/mol. The number of anilines is 1. The van der Waals surface area contributed by atoms with Crippen LogP contribution < -0.4 is 10.6 Å². The van der Waals surface area contributed by atoms with Crippen molar-refractivity contribution < 1.29 is 17.9 Å². The van der Waals surface area contributed by atoms with Crippen LogP contribution in [-0.2, 0) is 33.4 Å². The third-order valence-corrected chi connectivity index (χ3v) is 8.47. The fourth-order valence-corrected chi connectivity index (χ4v) is 5.85. The van der Waals surface area contributed by atoms with Crippen molar-refractivity contribution in [3.05, 3.63) is 94.7 Å². The topological polar surface area (TPSA) is 91.0 Å². The van der Waals surface area contributed by atoms with Gasteiger partial charge < -0.3 is 20.3 Å². The molecule has 2 N–H and O–H groups in total. The molecule has 0 radical (unpaired) electrons. The molecule has 1 aliphatic rings. The van der Waals surface area contributed by atoms with Gasteiger partial charge in [0.1, 0.15) is 0 Å².